The zero-order chi connectivity index (χ0) is 30.6. The Morgan fingerprint density at radius 1 is 0.909 bits per heavy atom. The van der Waals surface area contributed by atoms with Gasteiger partial charge in [0.2, 0.25) is 0 Å². The first kappa shape index (κ1) is 28.7. The molecule has 0 saturated heterocycles. The Kier molecular flexibility index (Phi) is 8.09. The molecular weight excluding hydrogens is 561 g/mol. The molecule has 2 N–H and O–H groups in total. The summed E-state index contributed by atoms with van der Waals surface area (Å²) < 4.78 is 20.7. The topological polar surface area (TPSA) is 135 Å². The number of rotatable bonds is 10. The fourth-order valence-electron chi connectivity index (χ4n) is 5.21. The van der Waals surface area contributed by atoms with E-state index in [4.69, 9.17) is 9.51 Å². The number of hydrogen-bond acceptors (Lipinski definition) is 7. The Morgan fingerprint density at radius 2 is 1.64 bits per heavy atom. The summed E-state index contributed by atoms with van der Waals surface area (Å²) in [6, 6.07) is 21.8. The van der Waals surface area contributed by atoms with Crippen LogP contribution in [0.2, 0.25) is 0 Å². The lowest BCUT2D eigenvalue weighted by Gasteiger charge is -2.16. The summed E-state index contributed by atoms with van der Waals surface area (Å²) in [4.78, 5) is 37.4. The van der Waals surface area contributed by atoms with E-state index in [1.807, 2.05) is 55.5 Å². The second-order valence-electron chi connectivity index (χ2n) is 10.5. The third-order valence-corrected chi connectivity index (χ3v) is 7.52. The van der Waals surface area contributed by atoms with Crippen LogP contribution in [-0.4, -0.2) is 34.9 Å². The molecule has 44 heavy (non-hydrogen) atoms. The van der Waals surface area contributed by atoms with Gasteiger partial charge in [-0.05, 0) is 42.2 Å². The zero-order valence-corrected chi connectivity index (χ0v) is 24.3. The van der Waals surface area contributed by atoms with E-state index in [0.29, 0.717) is 35.9 Å². The van der Waals surface area contributed by atoms with Crippen LogP contribution in [-0.2, 0) is 19.4 Å². The molecule has 10 nitrogen and oxygen atoms in total. The summed E-state index contributed by atoms with van der Waals surface area (Å²) in [5.74, 6) is 0.741. The van der Waals surface area contributed by atoms with Crippen LogP contribution in [0.25, 0.3) is 33.9 Å². The molecule has 0 unspecified atom stereocenters. The van der Waals surface area contributed by atoms with Gasteiger partial charge < -0.3 is 0 Å². The minimum Gasteiger partial charge on any atom is -0.296 e. The predicted octanol–water partition coefficient (Wildman–Crippen LogP) is 5.47. The second-order valence-corrected chi connectivity index (χ2v) is 10.5. The van der Waals surface area contributed by atoms with Gasteiger partial charge in [-0.25, -0.2) is 19.2 Å². The van der Waals surface area contributed by atoms with E-state index in [9.17, 15) is 14.0 Å². The lowest BCUT2D eigenvalue weighted by atomic mass is 9.98. The maximum absolute atomic E-state index is 14.3. The highest BCUT2D eigenvalue weighted by Gasteiger charge is 2.18. The molecule has 0 bridgehead atoms. The first-order chi connectivity index (χ1) is 21.4. The minimum atomic E-state index is -0.616. The minimum absolute atomic E-state index is 0.142. The highest BCUT2D eigenvalue weighted by atomic mass is 19.1. The number of nitrogens with zero attached hydrogens (tertiary/aromatic N) is 5. The number of H-pyrrole nitrogens is 2. The smallest absolute Gasteiger partial charge is 0.296 e. The first-order valence-electron chi connectivity index (χ1n) is 14.4. The fourth-order valence-corrected chi connectivity index (χ4v) is 5.21. The van der Waals surface area contributed by atoms with Crippen molar-refractivity contribution in [3.63, 3.8) is 0 Å². The number of hydrogen-bond donors (Lipinski definition) is 2. The summed E-state index contributed by atoms with van der Waals surface area (Å²) in [7, 11) is 0. The largest absolute Gasteiger partial charge is 0.439 e. The molecular formula is C33H30FN7O3. The summed E-state index contributed by atoms with van der Waals surface area (Å²) in [6.45, 7) is 4.28. The van der Waals surface area contributed by atoms with Crippen molar-refractivity contribution in [2.24, 2.45) is 0 Å². The van der Waals surface area contributed by atoms with Crippen molar-refractivity contribution in [2.45, 2.75) is 46.1 Å². The molecule has 0 saturated carbocycles. The van der Waals surface area contributed by atoms with Gasteiger partial charge in [-0.3, -0.25) is 24.0 Å². The van der Waals surface area contributed by atoms with Crippen LogP contribution in [0.3, 0.4) is 0 Å². The molecule has 6 rings (SSSR count). The Balaban J connectivity index is 1.30. The van der Waals surface area contributed by atoms with Gasteiger partial charge in [-0.1, -0.05) is 79.2 Å². The molecule has 3 aromatic carbocycles. The molecule has 0 fully saturated rings. The van der Waals surface area contributed by atoms with Crippen LogP contribution in [0.1, 0.15) is 48.2 Å². The van der Waals surface area contributed by atoms with Crippen LogP contribution in [0, 0.1) is 12.7 Å². The number of aryl methyl sites for hydroxylation is 2. The molecule has 0 aliphatic rings. The van der Waals surface area contributed by atoms with Gasteiger partial charge >= 0.3 is 5.76 Å². The maximum atomic E-state index is 14.3. The van der Waals surface area contributed by atoms with Gasteiger partial charge in [0.05, 0.1) is 12.1 Å². The van der Waals surface area contributed by atoms with Crippen LogP contribution >= 0.6 is 0 Å². The lowest BCUT2D eigenvalue weighted by Crippen LogP contribution is -2.30. The molecule has 0 radical (unpaired) electrons. The second kappa shape index (κ2) is 12.4. The Morgan fingerprint density at radius 3 is 2.34 bits per heavy atom. The number of unbranched alkanes of at least 4 members (excludes halogenated alkanes) is 1. The van der Waals surface area contributed by atoms with Crippen LogP contribution < -0.4 is 11.3 Å². The van der Waals surface area contributed by atoms with Crippen molar-refractivity contribution >= 4 is 0 Å². The van der Waals surface area contributed by atoms with Gasteiger partial charge in [0, 0.05) is 29.7 Å². The first-order valence-corrected chi connectivity index (χ1v) is 14.4. The molecule has 3 aromatic heterocycles. The number of nitrogens with one attached hydrogen (secondary N) is 2. The quantitative estimate of drug-likeness (QED) is 0.216. The van der Waals surface area contributed by atoms with Crippen LogP contribution in [0.4, 0.5) is 4.39 Å². The van der Waals surface area contributed by atoms with E-state index in [0.717, 1.165) is 40.9 Å². The summed E-state index contributed by atoms with van der Waals surface area (Å²) in [5.41, 5.74) is 4.76. The average molecular weight is 592 g/mol. The van der Waals surface area contributed by atoms with E-state index in [-0.39, 0.29) is 23.4 Å². The molecule has 0 amide bonds. The highest BCUT2D eigenvalue weighted by Crippen LogP contribution is 2.30. The molecule has 0 aliphatic carbocycles. The van der Waals surface area contributed by atoms with E-state index in [2.05, 4.69) is 32.2 Å². The van der Waals surface area contributed by atoms with E-state index in [1.54, 1.807) is 22.8 Å². The van der Waals surface area contributed by atoms with E-state index < -0.39 is 11.6 Å². The van der Waals surface area contributed by atoms with E-state index >= 15 is 0 Å². The number of aromatic amines is 2. The van der Waals surface area contributed by atoms with Crippen molar-refractivity contribution in [1.82, 2.24) is 34.9 Å². The Bertz CT molecular complexity index is 2040. The Hall–Kier alpha value is -5.45. The van der Waals surface area contributed by atoms with Crippen molar-refractivity contribution in [3.8, 4) is 33.9 Å². The van der Waals surface area contributed by atoms with Crippen molar-refractivity contribution in [2.75, 3.05) is 0 Å². The lowest BCUT2D eigenvalue weighted by molar-refractivity contribution is 0.388. The SMILES string of the molecule is CCCCc1nc(C)c(Cc2nc(-c3ccccc3F)n[nH]2)c(=O)n1Cc1ccc(-c2ccccc2-c2noc(=O)[nH]2)cc1. The molecule has 6 aromatic rings. The van der Waals surface area contributed by atoms with Gasteiger partial charge in [0.25, 0.3) is 5.56 Å². The molecule has 11 heteroatoms. The maximum Gasteiger partial charge on any atom is 0.439 e. The molecule has 0 atom stereocenters. The van der Waals surface area contributed by atoms with E-state index in [1.165, 1.54) is 6.07 Å². The third kappa shape index (κ3) is 5.89. The molecule has 222 valence electrons. The van der Waals surface area contributed by atoms with Crippen molar-refractivity contribution < 1.29 is 8.91 Å². The van der Waals surface area contributed by atoms with Crippen molar-refractivity contribution in [3.05, 3.63) is 128 Å². The summed E-state index contributed by atoms with van der Waals surface area (Å²) in [5, 5.41) is 10.9. The standard InChI is InChI=1S/C33H30FN7O3/c1-3-4-13-29-35-20(2)26(18-28-36-30(39-38-28)25-11-7-8-12-27(25)34)32(42)41(29)19-21-14-16-22(17-15-21)23-9-5-6-10-24(23)31-37-33(43)44-40-31/h5-12,14-17H,3-4,13,18-19H2,1-2H3,(H,36,38,39)(H,37,40,43). The summed E-state index contributed by atoms with van der Waals surface area (Å²) in [6.07, 6.45) is 2.73. The predicted molar refractivity (Wildman–Crippen MR) is 164 cm³/mol. The third-order valence-electron chi connectivity index (χ3n) is 7.52. The van der Waals surface area contributed by atoms with Crippen LogP contribution in [0.15, 0.2) is 86.9 Å². The van der Waals surface area contributed by atoms with Gasteiger partial charge in [-0.15, -0.1) is 0 Å². The Labute approximate surface area is 251 Å². The van der Waals surface area contributed by atoms with Gasteiger partial charge in [0.1, 0.15) is 17.5 Å². The van der Waals surface area contributed by atoms with Gasteiger partial charge in [-0.2, -0.15) is 5.10 Å². The van der Waals surface area contributed by atoms with Crippen LogP contribution in [0.5, 0.6) is 0 Å². The number of aromatic nitrogens is 7. The van der Waals surface area contributed by atoms with Gasteiger partial charge in [0.15, 0.2) is 11.6 Å². The number of halogens is 1. The molecule has 3 heterocycles. The normalized spacial score (nSPS) is 11.2. The average Bonchev–Trinajstić information content (AvgIpc) is 3.69. The van der Waals surface area contributed by atoms with Crippen molar-refractivity contribution in [1.29, 1.82) is 0 Å². The fraction of sp³-hybridized carbons (Fsp3) is 0.212. The number of benzene rings is 3. The zero-order valence-electron chi connectivity index (χ0n) is 24.3. The molecule has 0 aliphatic heterocycles. The monoisotopic (exact) mass is 591 g/mol. The molecule has 0 spiro atoms. The highest BCUT2D eigenvalue weighted by molar-refractivity contribution is 5.80. The summed E-state index contributed by atoms with van der Waals surface area (Å²) >= 11 is 0.